The molecule has 0 bridgehead atoms. The minimum atomic E-state index is 0.0899. The molecule has 6 nitrogen and oxygen atoms in total. The van der Waals surface area contributed by atoms with Crippen LogP contribution >= 0.6 is 11.6 Å². The van der Waals surface area contributed by atoms with Crippen LogP contribution in [0.5, 0.6) is 0 Å². The molecule has 1 atom stereocenters. The molecule has 7 heteroatoms. The lowest BCUT2D eigenvalue weighted by Gasteiger charge is -2.35. The highest BCUT2D eigenvalue weighted by Gasteiger charge is 2.31. The van der Waals surface area contributed by atoms with Crippen LogP contribution in [-0.2, 0) is 13.0 Å². The summed E-state index contributed by atoms with van der Waals surface area (Å²) in [7, 11) is 0. The molecule has 5 heterocycles. The SMILES string of the molecule is Cc1nc2ccc(Cl)cn2c1CN1CCc2[nH]cnc2[C@H]1c1ccncc1. The maximum Gasteiger partial charge on any atom is 0.137 e. The Morgan fingerprint density at radius 2 is 2.07 bits per heavy atom. The highest BCUT2D eigenvalue weighted by molar-refractivity contribution is 6.30. The van der Waals surface area contributed by atoms with Crippen LogP contribution in [0, 0.1) is 6.92 Å². The molecule has 0 saturated heterocycles. The van der Waals surface area contributed by atoms with E-state index >= 15 is 0 Å². The number of rotatable bonds is 3. The predicted octanol–water partition coefficient (Wildman–Crippen LogP) is 3.56. The van der Waals surface area contributed by atoms with Crippen molar-refractivity contribution in [1.29, 1.82) is 0 Å². The molecular weight excluding hydrogens is 360 g/mol. The molecule has 0 unspecified atom stereocenters. The molecule has 0 radical (unpaired) electrons. The van der Waals surface area contributed by atoms with E-state index in [1.165, 1.54) is 11.3 Å². The van der Waals surface area contributed by atoms with Gasteiger partial charge in [-0.25, -0.2) is 9.97 Å². The number of pyridine rings is 2. The highest BCUT2D eigenvalue weighted by Crippen LogP contribution is 2.34. The molecule has 0 aliphatic carbocycles. The van der Waals surface area contributed by atoms with Gasteiger partial charge in [0.15, 0.2) is 0 Å². The molecule has 0 fully saturated rings. The fourth-order valence-corrected chi connectivity index (χ4v) is 4.14. The minimum absolute atomic E-state index is 0.0899. The van der Waals surface area contributed by atoms with Crippen LogP contribution in [0.3, 0.4) is 0 Å². The van der Waals surface area contributed by atoms with E-state index in [-0.39, 0.29) is 6.04 Å². The number of hydrogen-bond donors (Lipinski definition) is 1. The smallest absolute Gasteiger partial charge is 0.137 e. The van der Waals surface area contributed by atoms with E-state index in [1.807, 2.05) is 30.7 Å². The van der Waals surface area contributed by atoms with E-state index in [4.69, 9.17) is 16.6 Å². The summed E-state index contributed by atoms with van der Waals surface area (Å²) in [5.41, 5.74) is 6.61. The number of nitrogens with zero attached hydrogens (tertiary/aromatic N) is 5. The Balaban J connectivity index is 1.58. The maximum absolute atomic E-state index is 6.24. The molecule has 0 saturated carbocycles. The zero-order valence-electron chi connectivity index (χ0n) is 14.9. The Morgan fingerprint density at radius 3 is 2.93 bits per heavy atom. The largest absolute Gasteiger partial charge is 0.348 e. The summed E-state index contributed by atoms with van der Waals surface area (Å²) < 4.78 is 2.10. The molecule has 136 valence electrons. The Labute approximate surface area is 161 Å². The quantitative estimate of drug-likeness (QED) is 0.592. The Bertz CT molecular complexity index is 1100. The first-order valence-corrected chi connectivity index (χ1v) is 9.37. The first kappa shape index (κ1) is 16.5. The third-order valence-electron chi connectivity index (χ3n) is 5.28. The first-order valence-electron chi connectivity index (χ1n) is 9.00. The summed E-state index contributed by atoms with van der Waals surface area (Å²) in [5, 5.41) is 0.708. The lowest BCUT2D eigenvalue weighted by molar-refractivity contribution is 0.197. The van der Waals surface area contributed by atoms with Gasteiger partial charge in [0.05, 0.1) is 34.5 Å². The third-order valence-corrected chi connectivity index (χ3v) is 5.50. The van der Waals surface area contributed by atoms with E-state index in [0.717, 1.165) is 42.2 Å². The average molecular weight is 379 g/mol. The molecule has 1 aliphatic heterocycles. The van der Waals surface area contributed by atoms with Gasteiger partial charge in [0, 0.05) is 43.8 Å². The third kappa shape index (κ3) is 2.81. The van der Waals surface area contributed by atoms with Crippen LogP contribution in [0.4, 0.5) is 0 Å². The first-order chi connectivity index (χ1) is 13.2. The van der Waals surface area contributed by atoms with Crippen molar-refractivity contribution in [2.45, 2.75) is 25.9 Å². The van der Waals surface area contributed by atoms with Crippen molar-refractivity contribution >= 4 is 17.2 Å². The second-order valence-electron chi connectivity index (χ2n) is 6.89. The van der Waals surface area contributed by atoms with Crippen LogP contribution in [0.15, 0.2) is 49.2 Å². The molecule has 1 aliphatic rings. The van der Waals surface area contributed by atoms with Gasteiger partial charge in [-0.2, -0.15) is 0 Å². The van der Waals surface area contributed by atoms with Crippen molar-refractivity contribution in [1.82, 2.24) is 29.2 Å². The van der Waals surface area contributed by atoms with E-state index in [9.17, 15) is 0 Å². The summed E-state index contributed by atoms with van der Waals surface area (Å²) in [6.45, 7) is 3.77. The molecule has 1 N–H and O–H groups in total. The van der Waals surface area contributed by atoms with E-state index in [0.29, 0.717) is 5.02 Å². The maximum atomic E-state index is 6.24. The molecule has 4 aromatic rings. The van der Waals surface area contributed by atoms with Gasteiger partial charge >= 0.3 is 0 Å². The number of hydrogen-bond acceptors (Lipinski definition) is 4. The fourth-order valence-electron chi connectivity index (χ4n) is 3.98. The van der Waals surface area contributed by atoms with Crippen LogP contribution in [0.25, 0.3) is 5.65 Å². The zero-order valence-corrected chi connectivity index (χ0v) is 15.7. The van der Waals surface area contributed by atoms with Crippen molar-refractivity contribution in [3.63, 3.8) is 0 Å². The Morgan fingerprint density at radius 1 is 1.22 bits per heavy atom. The Hall–Kier alpha value is -2.70. The summed E-state index contributed by atoms with van der Waals surface area (Å²) >= 11 is 6.24. The van der Waals surface area contributed by atoms with Crippen molar-refractivity contribution in [3.8, 4) is 0 Å². The number of halogens is 1. The number of H-pyrrole nitrogens is 1. The normalized spacial score (nSPS) is 17.3. The number of nitrogens with one attached hydrogen (secondary N) is 1. The van der Waals surface area contributed by atoms with E-state index in [2.05, 4.69) is 43.3 Å². The highest BCUT2D eigenvalue weighted by atomic mass is 35.5. The molecule has 5 rings (SSSR count). The number of aryl methyl sites for hydroxylation is 1. The minimum Gasteiger partial charge on any atom is -0.348 e. The zero-order chi connectivity index (χ0) is 18.4. The van der Waals surface area contributed by atoms with Gasteiger partial charge in [-0.3, -0.25) is 9.88 Å². The number of imidazole rings is 2. The molecule has 4 aromatic heterocycles. The summed E-state index contributed by atoms with van der Waals surface area (Å²) in [5.74, 6) is 0. The van der Waals surface area contributed by atoms with Crippen molar-refractivity contribution in [2.75, 3.05) is 6.54 Å². The van der Waals surface area contributed by atoms with Gasteiger partial charge < -0.3 is 9.38 Å². The molecule has 0 spiro atoms. The van der Waals surface area contributed by atoms with Gasteiger partial charge in [0.1, 0.15) is 5.65 Å². The fraction of sp³-hybridized carbons (Fsp3) is 0.250. The standard InChI is InChI=1S/C20H19ClN6/c1-13-17(27-10-15(21)2-3-18(27)25-13)11-26-9-6-16-19(24-12-23-16)20(26)14-4-7-22-8-5-14/h2-5,7-8,10,12,20H,6,9,11H2,1H3,(H,23,24)/t20-/m1/s1. The summed E-state index contributed by atoms with van der Waals surface area (Å²) in [6, 6.07) is 8.07. The van der Waals surface area contributed by atoms with Crippen LogP contribution < -0.4 is 0 Å². The summed E-state index contributed by atoms with van der Waals surface area (Å²) in [6.07, 6.45) is 8.37. The van der Waals surface area contributed by atoms with Gasteiger partial charge in [-0.05, 0) is 36.8 Å². The monoisotopic (exact) mass is 378 g/mol. The van der Waals surface area contributed by atoms with Crippen molar-refractivity contribution in [3.05, 3.63) is 82.5 Å². The van der Waals surface area contributed by atoms with Crippen molar-refractivity contribution < 1.29 is 0 Å². The lowest BCUT2D eigenvalue weighted by atomic mass is 9.96. The Kier molecular flexibility index (Phi) is 3.95. The molecule has 0 amide bonds. The van der Waals surface area contributed by atoms with Gasteiger partial charge in [-0.1, -0.05) is 11.6 Å². The number of fused-ring (bicyclic) bond motifs is 2. The summed E-state index contributed by atoms with van der Waals surface area (Å²) in [4.78, 5) is 19.3. The van der Waals surface area contributed by atoms with Crippen LogP contribution in [0.2, 0.25) is 5.02 Å². The topological polar surface area (TPSA) is 62.1 Å². The number of aromatic nitrogens is 5. The lowest BCUT2D eigenvalue weighted by Crippen LogP contribution is -2.36. The second-order valence-corrected chi connectivity index (χ2v) is 7.33. The van der Waals surface area contributed by atoms with Crippen molar-refractivity contribution in [2.24, 2.45) is 0 Å². The van der Waals surface area contributed by atoms with E-state index < -0.39 is 0 Å². The molecule has 0 aromatic carbocycles. The molecular formula is C20H19ClN6. The number of aromatic amines is 1. The van der Waals surface area contributed by atoms with E-state index in [1.54, 1.807) is 6.33 Å². The second kappa shape index (κ2) is 6.48. The van der Waals surface area contributed by atoms with Gasteiger partial charge in [-0.15, -0.1) is 0 Å². The van der Waals surface area contributed by atoms with Crippen LogP contribution in [-0.4, -0.2) is 35.8 Å². The predicted molar refractivity (Wildman–Crippen MR) is 104 cm³/mol. The van der Waals surface area contributed by atoms with Gasteiger partial charge in [0.25, 0.3) is 0 Å². The van der Waals surface area contributed by atoms with Gasteiger partial charge in [0.2, 0.25) is 0 Å². The average Bonchev–Trinajstić information content (AvgIpc) is 3.27. The molecule has 27 heavy (non-hydrogen) atoms. The van der Waals surface area contributed by atoms with Crippen LogP contribution in [0.1, 0.15) is 34.4 Å².